The standard InChI is InChI=1S/C18H18BrNO/c1-2-12-6-8-13(9-7-12)10-16(20)17-11-14-4-3-5-15(19)18(14)21-17/h3-9,11,16H,2,10,20H2,1H3. The number of furan rings is 1. The molecule has 0 aliphatic rings. The molecule has 1 unspecified atom stereocenters. The van der Waals surface area contributed by atoms with E-state index in [0.717, 1.165) is 34.0 Å². The van der Waals surface area contributed by atoms with Crippen LogP contribution in [0.15, 0.2) is 57.4 Å². The van der Waals surface area contributed by atoms with Crippen LogP contribution in [0.2, 0.25) is 0 Å². The fourth-order valence-electron chi connectivity index (χ4n) is 2.50. The van der Waals surface area contributed by atoms with Crippen molar-refractivity contribution >= 4 is 26.9 Å². The summed E-state index contributed by atoms with van der Waals surface area (Å²) < 4.78 is 6.87. The summed E-state index contributed by atoms with van der Waals surface area (Å²) in [6.07, 6.45) is 1.84. The maximum Gasteiger partial charge on any atom is 0.148 e. The van der Waals surface area contributed by atoms with Gasteiger partial charge in [-0.05, 0) is 52.0 Å². The Morgan fingerprint density at radius 2 is 1.81 bits per heavy atom. The minimum Gasteiger partial charge on any atom is -0.458 e. The molecule has 3 heteroatoms. The van der Waals surface area contributed by atoms with Crippen molar-refractivity contribution in [1.29, 1.82) is 0 Å². The van der Waals surface area contributed by atoms with Crippen LogP contribution in [0.4, 0.5) is 0 Å². The molecule has 0 aliphatic heterocycles. The number of hydrogen-bond donors (Lipinski definition) is 1. The van der Waals surface area contributed by atoms with Crippen molar-refractivity contribution in [2.75, 3.05) is 0 Å². The zero-order chi connectivity index (χ0) is 14.8. The van der Waals surface area contributed by atoms with Gasteiger partial charge >= 0.3 is 0 Å². The number of halogens is 1. The molecule has 0 radical (unpaired) electrons. The Morgan fingerprint density at radius 1 is 1.10 bits per heavy atom. The Labute approximate surface area is 133 Å². The second-order valence-electron chi connectivity index (χ2n) is 5.29. The lowest BCUT2D eigenvalue weighted by Crippen LogP contribution is -2.12. The average Bonchev–Trinajstić information content (AvgIpc) is 2.94. The highest BCUT2D eigenvalue weighted by atomic mass is 79.9. The average molecular weight is 344 g/mol. The molecule has 0 aliphatic carbocycles. The first-order valence-corrected chi connectivity index (χ1v) is 7.98. The molecule has 3 rings (SSSR count). The number of nitrogens with two attached hydrogens (primary N) is 1. The summed E-state index contributed by atoms with van der Waals surface area (Å²) in [5, 5.41) is 1.08. The highest BCUT2D eigenvalue weighted by molar-refractivity contribution is 9.10. The number of aryl methyl sites for hydroxylation is 1. The first-order chi connectivity index (χ1) is 10.2. The molecular formula is C18H18BrNO. The van der Waals surface area contributed by atoms with E-state index in [9.17, 15) is 0 Å². The van der Waals surface area contributed by atoms with Crippen molar-refractivity contribution in [3.63, 3.8) is 0 Å². The Hall–Kier alpha value is -1.58. The molecule has 3 aromatic rings. The number of benzene rings is 2. The molecule has 21 heavy (non-hydrogen) atoms. The molecule has 0 bridgehead atoms. The van der Waals surface area contributed by atoms with Gasteiger partial charge in [-0.3, -0.25) is 0 Å². The second kappa shape index (κ2) is 6.04. The highest BCUT2D eigenvalue weighted by Gasteiger charge is 2.14. The zero-order valence-corrected chi connectivity index (χ0v) is 13.6. The van der Waals surface area contributed by atoms with Crippen LogP contribution >= 0.6 is 15.9 Å². The Bertz CT molecular complexity index is 746. The Morgan fingerprint density at radius 3 is 2.48 bits per heavy atom. The van der Waals surface area contributed by atoms with E-state index in [-0.39, 0.29) is 6.04 Å². The molecule has 0 saturated heterocycles. The van der Waals surface area contributed by atoms with Crippen LogP contribution in [0.25, 0.3) is 11.0 Å². The third kappa shape index (κ3) is 3.04. The van der Waals surface area contributed by atoms with Gasteiger partial charge < -0.3 is 10.2 Å². The van der Waals surface area contributed by atoms with E-state index < -0.39 is 0 Å². The molecule has 2 N–H and O–H groups in total. The molecule has 108 valence electrons. The predicted octanol–water partition coefficient (Wildman–Crippen LogP) is 5.00. The quantitative estimate of drug-likeness (QED) is 0.723. The van der Waals surface area contributed by atoms with E-state index in [0.29, 0.717) is 0 Å². The van der Waals surface area contributed by atoms with Crippen LogP contribution < -0.4 is 5.73 Å². The SMILES string of the molecule is CCc1ccc(CC(N)c2cc3cccc(Br)c3o2)cc1. The monoisotopic (exact) mass is 343 g/mol. The lowest BCUT2D eigenvalue weighted by molar-refractivity contribution is 0.493. The fourth-order valence-corrected chi connectivity index (χ4v) is 2.96. The van der Waals surface area contributed by atoms with E-state index >= 15 is 0 Å². The minimum absolute atomic E-state index is 0.128. The maximum atomic E-state index is 6.30. The Kier molecular flexibility index (Phi) is 4.13. The third-order valence-corrected chi connectivity index (χ3v) is 4.39. The second-order valence-corrected chi connectivity index (χ2v) is 6.14. The molecule has 2 aromatic carbocycles. The summed E-state index contributed by atoms with van der Waals surface area (Å²) in [5.74, 6) is 0.830. The van der Waals surface area contributed by atoms with Crippen molar-refractivity contribution in [3.05, 3.63) is 69.9 Å². The minimum atomic E-state index is -0.128. The lowest BCUT2D eigenvalue weighted by atomic mass is 10.0. The van der Waals surface area contributed by atoms with Crippen molar-refractivity contribution in [2.24, 2.45) is 5.73 Å². The van der Waals surface area contributed by atoms with Crippen LogP contribution in [0.3, 0.4) is 0 Å². The molecule has 1 aromatic heterocycles. The molecule has 0 amide bonds. The van der Waals surface area contributed by atoms with E-state index in [1.54, 1.807) is 0 Å². The largest absolute Gasteiger partial charge is 0.458 e. The summed E-state index contributed by atoms with van der Waals surface area (Å²) in [5.41, 5.74) is 9.75. The van der Waals surface area contributed by atoms with Crippen LogP contribution in [0.1, 0.15) is 29.9 Å². The molecule has 0 saturated carbocycles. The number of hydrogen-bond acceptors (Lipinski definition) is 2. The van der Waals surface area contributed by atoms with Gasteiger partial charge in [-0.25, -0.2) is 0 Å². The Balaban J connectivity index is 1.82. The number of rotatable bonds is 4. The van der Waals surface area contributed by atoms with Crippen molar-refractivity contribution in [2.45, 2.75) is 25.8 Å². The van der Waals surface area contributed by atoms with Gasteiger partial charge in [0.2, 0.25) is 0 Å². The van der Waals surface area contributed by atoms with Crippen molar-refractivity contribution < 1.29 is 4.42 Å². The van der Waals surface area contributed by atoms with Crippen LogP contribution in [-0.4, -0.2) is 0 Å². The van der Waals surface area contributed by atoms with Gasteiger partial charge in [0.25, 0.3) is 0 Å². The normalized spacial score (nSPS) is 12.7. The molecule has 1 heterocycles. The first-order valence-electron chi connectivity index (χ1n) is 7.18. The number of para-hydroxylation sites is 1. The number of fused-ring (bicyclic) bond motifs is 1. The van der Waals surface area contributed by atoms with E-state index in [1.807, 2.05) is 24.3 Å². The van der Waals surface area contributed by atoms with E-state index in [4.69, 9.17) is 10.2 Å². The highest BCUT2D eigenvalue weighted by Crippen LogP contribution is 2.30. The van der Waals surface area contributed by atoms with E-state index in [1.165, 1.54) is 11.1 Å². The van der Waals surface area contributed by atoms with Crippen LogP contribution in [0.5, 0.6) is 0 Å². The topological polar surface area (TPSA) is 39.2 Å². The van der Waals surface area contributed by atoms with E-state index in [2.05, 4.69) is 47.1 Å². The summed E-state index contributed by atoms with van der Waals surface area (Å²) in [7, 11) is 0. The molecule has 0 spiro atoms. The summed E-state index contributed by atoms with van der Waals surface area (Å²) >= 11 is 3.51. The molecular weight excluding hydrogens is 326 g/mol. The van der Waals surface area contributed by atoms with Gasteiger partial charge in [0.15, 0.2) is 0 Å². The van der Waals surface area contributed by atoms with Crippen LogP contribution in [0, 0.1) is 0 Å². The van der Waals surface area contributed by atoms with Crippen LogP contribution in [-0.2, 0) is 12.8 Å². The fraction of sp³-hybridized carbons (Fsp3) is 0.222. The van der Waals surface area contributed by atoms with Gasteiger partial charge in [-0.2, -0.15) is 0 Å². The van der Waals surface area contributed by atoms with Gasteiger partial charge in [-0.1, -0.05) is 43.3 Å². The van der Waals surface area contributed by atoms with Gasteiger partial charge in [0.05, 0.1) is 10.5 Å². The predicted molar refractivity (Wildman–Crippen MR) is 90.4 cm³/mol. The smallest absolute Gasteiger partial charge is 0.148 e. The molecule has 1 atom stereocenters. The molecule has 2 nitrogen and oxygen atoms in total. The van der Waals surface area contributed by atoms with Gasteiger partial charge in [0.1, 0.15) is 11.3 Å². The maximum absolute atomic E-state index is 6.30. The lowest BCUT2D eigenvalue weighted by Gasteiger charge is -2.09. The first kappa shape index (κ1) is 14.4. The summed E-state index contributed by atoms with van der Waals surface area (Å²) in [4.78, 5) is 0. The molecule has 0 fully saturated rings. The third-order valence-electron chi connectivity index (χ3n) is 3.77. The van der Waals surface area contributed by atoms with Crippen molar-refractivity contribution in [3.8, 4) is 0 Å². The summed E-state index contributed by atoms with van der Waals surface area (Å²) in [6, 6.07) is 16.5. The zero-order valence-electron chi connectivity index (χ0n) is 12.0. The summed E-state index contributed by atoms with van der Waals surface area (Å²) in [6.45, 7) is 2.16. The van der Waals surface area contributed by atoms with Gasteiger partial charge in [0, 0.05) is 5.39 Å². The van der Waals surface area contributed by atoms with Crippen molar-refractivity contribution in [1.82, 2.24) is 0 Å². The van der Waals surface area contributed by atoms with Gasteiger partial charge in [-0.15, -0.1) is 0 Å².